The number of rotatable bonds is 5. The van der Waals surface area contributed by atoms with E-state index in [4.69, 9.17) is 21.1 Å². The molecular weight excluding hydrogens is 294 g/mol. The van der Waals surface area contributed by atoms with E-state index >= 15 is 0 Å². The van der Waals surface area contributed by atoms with Crippen molar-refractivity contribution in [3.63, 3.8) is 0 Å². The summed E-state index contributed by atoms with van der Waals surface area (Å²) in [6.45, 7) is 6.68. The molecule has 0 heterocycles. The van der Waals surface area contributed by atoms with Crippen molar-refractivity contribution in [1.29, 1.82) is 0 Å². The first kappa shape index (κ1) is 17.3. The third-order valence-electron chi connectivity index (χ3n) is 2.32. The first-order valence-electron chi connectivity index (χ1n) is 6.58. The normalized spacial score (nSPS) is 12.4. The molecule has 1 aromatic carbocycles. The van der Waals surface area contributed by atoms with E-state index < -0.39 is 23.5 Å². The van der Waals surface area contributed by atoms with Crippen molar-refractivity contribution in [1.82, 2.24) is 5.32 Å². The molecule has 0 saturated carbocycles. The zero-order chi connectivity index (χ0) is 16.0. The van der Waals surface area contributed by atoms with Crippen LogP contribution in [0.15, 0.2) is 24.3 Å². The highest BCUT2D eigenvalue weighted by Gasteiger charge is 2.22. The molecule has 5 nitrogen and oxygen atoms in total. The summed E-state index contributed by atoms with van der Waals surface area (Å²) in [5.41, 5.74) is -0.587. The molecule has 1 aromatic rings. The molecule has 0 spiro atoms. The number of nitrogens with one attached hydrogen (secondary N) is 1. The molecule has 21 heavy (non-hydrogen) atoms. The maximum atomic E-state index is 11.7. The molecule has 0 aromatic heterocycles. The molecule has 0 unspecified atom stereocenters. The van der Waals surface area contributed by atoms with Crippen molar-refractivity contribution in [3.8, 4) is 5.75 Å². The molecule has 0 saturated heterocycles. The van der Waals surface area contributed by atoms with Crippen LogP contribution in [0, 0.1) is 0 Å². The highest BCUT2D eigenvalue weighted by molar-refractivity contribution is 6.30. The second-order valence-electron chi connectivity index (χ2n) is 5.57. The molecule has 0 fully saturated rings. The van der Waals surface area contributed by atoms with Gasteiger partial charge in [0.2, 0.25) is 0 Å². The van der Waals surface area contributed by atoms with E-state index in [1.807, 2.05) is 0 Å². The van der Waals surface area contributed by atoms with Crippen molar-refractivity contribution >= 4 is 23.5 Å². The van der Waals surface area contributed by atoms with Gasteiger partial charge in [0.25, 0.3) is 5.91 Å². The van der Waals surface area contributed by atoms with E-state index in [1.54, 1.807) is 52.0 Å². The monoisotopic (exact) mass is 313 g/mol. The lowest BCUT2D eigenvalue weighted by atomic mass is 10.2. The van der Waals surface area contributed by atoms with E-state index in [2.05, 4.69) is 5.32 Å². The van der Waals surface area contributed by atoms with Crippen LogP contribution in [0.25, 0.3) is 0 Å². The first-order chi connectivity index (χ1) is 9.67. The lowest BCUT2D eigenvalue weighted by molar-refractivity contribution is -0.158. The smallest absolute Gasteiger partial charge is 0.328 e. The number of carbonyl (C=O) groups is 2. The number of hydrogen-bond donors (Lipinski definition) is 1. The van der Waals surface area contributed by atoms with Gasteiger partial charge in [0.05, 0.1) is 0 Å². The standard InChI is InChI=1S/C15H20ClNO4/c1-10(14(19)21-15(2,3)4)17-13(18)9-20-12-7-5-11(16)6-8-12/h5-8,10H,9H2,1-4H3,(H,17,18)/t10-/m0/s1. The largest absolute Gasteiger partial charge is 0.484 e. The van der Waals surface area contributed by atoms with Crippen LogP contribution < -0.4 is 10.1 Å². The Bertz CT molecular complexity index is 493. The molecule has 116 valence electrons. The summed E-state index contributed by atoms with van der Waals surface area (Å²) in [6.07, 6.45) is 0. The number of benzene rings is 1. The Hall–Kier alpha value is -1.75. The minimum Gasteiger partial charge on any atom is -0.484 e. The van der Waals surface area contributed by atoms with Crippen molar-refractivity contribution in [2.45, 2.75) is 39.3 Å². The lowest BCUT2D eigenvalue weighted by Gasteiger charge is -2.22. The van der Waals surface area contributed by atoms with Gasteiger partial charge in [-0.3, -0.25) is 4.79 Å². The number of ether oxygens (including phenoxy) is 2. The minimum atomic E-state index is -0.731. The van der Waals surface area contributed by atoms with E-state index in [9.17, 15) is 9.59 Å². The quantitative estimate of drug-likeness (QED) is 0.849. The van der Waals surface area contributed by atoms with Gasteiger partial charge in [0, 0.05) is 5.02 Å². The highest BCUT2D eigenvalue weighted by Crippen LogP contribution is 2.15. The molecule has 1 atom stereocenters. The van der Waals surface area contributed by atoms with Crippen LogP contribution in [0.4, 0.5) is 0 Å². The summed E-state index contributed by atoms with van der Waals surface area (Å²) < 4.78 is 10.4. The molecular formula is C15H20ClNO4. The zero-order valence-electron chi connectivity index (χ0n) is 12.6. The van der Waals surface area contributed by atoms with Crippen LogP contribution >= 0.6 is 11.6 Å². The van der Waals surface area contributed by atoms with Crippen molar-refractivity contribution in [2.24, 2.45) is 0 Å². The van der Waals surface area contributed by atoms with Crippen molar-refractivity contribution < 1.29 is 19.1 Å². The third kappa shape index (κ3) is 6.99. The Kier molecular flexibility index (Phi) is 6.03. The fourth-order valence-electron chi connectivity index (χ4n) is 1.41. The Morgan fingerprint density at radius 1 is 1.24 bits per heavy atom. The van der Waals surface area contributed by atoms with Gasteiger partial charge in [-0.2, -0.15) is 0 Å². The summed E-state index contributed by atoms with van der Waals surface area (Å²) >= 11 is 5.74. The summed E-state index contributed by atoms with van der Waals surface area (Å²) in [7, 11) is 0. The average Bonchev–Trinajstić information content (AvgIpc) is 2.36. The van der Waals surface area contributed by atoms with E-state index in [1.165, 1.54) is 0 Å². The molecule has 0 aliphatic rings. The van der Waals surface area contributed by atoms with Crippen LogP contribution in [-0.4, -0.2) is 30.1 Å². The molecule has 0 bridgehead atoms. The number of esters is 1. The van der Waals surface area contributed by atoms with Gasteiger partial charge in [-0.1, -0.05) is 11.6 Å². The maximum Gasteiger partial charge on any atom is 0.328 e. The zero-order valence-corrected chi connectivity index (χ0v) is 13.4. The second kappa shape index (κ2) is 7.31. The Morgan fingerprint density at radius 2 is 1.81 bits per heavy atom. The van der Waals surface area contributed by atoms with Gasteiger partial charge in [0.1, 0.15) is 17.4 Å². The number of amides is 1. The molecule has 6 heteroatoms. The van der Waals surface area contributed by atoms with Gasteiger partial charge in [-0.25, -0.2) is 4.79 Å². The number of halogens is 1. The minimum absolute atomic E-state index is 0.186. The lowest BCUT2D eigenvalue weighted by Crippen LogP contribution is -2.43. The summed E-state index contributed by atoms with van der Waals surface area (Å²) in [6, 6.07) is 5.92. The van der Waals surface area contributed by atoms with E-state index in [-0.39, 0.29) is 6.61 Å². The van der Waals surface area contributed by atoms with Gasteiger partial charge >= 0.3 is 5.97 Å². The summed E-state index contributed by atoms with van der Waals surface area (Å²) in [5, 5.41) is 3.11. The van der Waals surface area contributed by atoms with Crippen molar-refractivity contribution in [2.75, 3.05) is 6.61 Å². The van der Waals surface area contributed by atoms with Crippen LogP contribution in [-0.2, 0) is 14.3 Å². The predicted molar refractivity (Wildman–Crippen MR) is 80.4 cm³/mol. The Morgan fingerprint density at radius 3 is 2.33 bits per heavy atom. The predicted octanol–water partition coefficient (Wildman–Crippen LogP) is 2.57. The molecule has 1 amide bonds. The first-order valence-corrected chi connectivity index (χ1v) is 6.96. The molecule has 0 aliphatic carbocycles. The third-order valence-corrected chi connectivity index (χ3v) is 2.57. The fraction of sp³-hybridized carbons (Fsp3) is 0.467. The second-order valence-corrected chi connectivity index (χ2v) is 6.00. The summed E-state index contributed by atoms with van der Waals surface area (Å²) in [5.74, 6) is -0.356. The van der Waals surface area contributed by atoms with Crippen LogP contribution in [0.3, 0.4) is 0 Å². The van der Waals surface area contributed by atoms with Crippen molar-refractivity contribution in [3.05, 3.63) is 29.3 Å². The molecule has 0 radical (unpaired) electrons. The van der Waals surface area contributed by atoms with Crippen LogP contribution in [0.1, 0.15) is 27.7 Å². The Labute approximate surface area is 129 Å². The van der Waals surface area contributed by atoms with Gasteiger partial charge < -0.3 is 14.8 Å². The van der Waals surface area contributed by atoms with Gasteiger partial charge in [-0.05, 0) is 52.0 Å². The topological polar surface area (TPSA) is 64.6 Å². The van der Waals surface area contributed by atoms with Gasteiger partial charge in [-0.15, -0.1) is 0 Å². The highest BCUT2D eigenvalue weighted by atomic mass is 35.5. The number of carbonyl (C=O) groups excluding carboxylic acids is 2. The fourth-order valence-corrected chi connectivity index (χ4v) is 1.54. The Balaban J connectivity index is 2.39. The molecule has 0 aliphatic heterocycles. The summed E-state index contributed by atoms with van der Waals surface area (Å²) in [4.78, 5) is 23.4. The van der Waals surface area contributed by atoms with E-state index in [0.29, 0.717) is 10.8 Å². The molecule has 1 rings (SSSR count). The number of hydrogen-bond acceptors (Lipinski definition) is 4. The van der Waals surface area contributed by atoms with Crippen LogP contribution in [0.2, 0.25) is 5.02 Å². The van der Waals surface area contributed by atoms with Crippen LogP contribution in [0.5, 0.6) is 5.75 Å². The SMILES string of the molecule is C[C@H](NC(=O)COc1ccc(Cl)cc1)C(=O)OC(C)(C)C. The van der Waals surface area contributed by atoms with Gasteiger partial charge in [0.15, 0.2) is 6.61 Å². The maximum absolute atomic E-state index is 11.7. The van der Waals surface area contributed by atoms with E-state index in [0.717, 1.165) is 0 Å². The molecule has 1 N–H and O–H groups in total. The average molecular weight is 314 g/mol.